The Kier molecular flexibility index (Phi) is 5.62. The van der Waals surface area contributed by atoms with E-state index in [-0.39, 0.29) is 11.8 Å². The predicted octanol–water partition coefficient (Wildman–Crippen LogP) is 5.31. The second-order valence-corrected chi connectivity index (χ2v) is 6.15. The molecular formula is C16H16BrClFNO. The average Bonchev–Trinajstić information content (AvgIpc) is 2.45. The Morgan fingerprint density at radius 3 is 2.71 bits per heavy atom. The maximum atomic E-state index is 13.8. The summed E-state index contributed by atoms with van der Waals surface area (Å²) < 4.78 is 20.3. The van der Waals surface area contributed by atoms with Crippen LogP contribution in [0.1, 0.15) is 18.9 Å². The van der Waals surface area contributed by atoms with Gasteiger partial charge in [-0.05, 0) is 48.7 Å². The largest absolute Gasteiger partial charge is 0.454 e. The molecule has 112 valence electrons. The van der Waals surface area contributed by atoms with Gasteiger partial charge in [0.2, 0.25) is 0 Å². The molecule has 0 aliphatic rings. The van der Waals surface area contributed by atoms with Crippen LogP contribution in [0.3, 0.4) is 0 Å². The number of hydrogen-bond donors (Lipinski definition) is 1. The Hall–Kier alpha value is -1.10. The van der Waals surface area contributed by atoms with Crippen molar-refractivity contribution >= 4 is 27.5 Å². The molecule has 0 aliphatic carbocycles. The van der Waals surface area contributed by atoms with Gasteiger partial charge in [0.25, 0.3) is 0 Å². The van der Waals surface area contributed by atoms with Crippen LogP contribution in [0.5, 0.6) is 11.5 Å². The smallest absolute Gasteiger partial charge is 0.165 e. The molecule has 0 saturated heterocycles. The van der Waals surface area contributed by atoms with E-state index in [0.29, 0.717) is 17.2 Å². The molecule has 2 nitrogen and oxygen atoms in total. The summed E-state index contributed by atoms with van der Waals surface area (Å²) in [6, 6.07) is 9.90. The highest BCUT2D eigenvalue weighted by Gasteiger charge is 2.12. The number of hydrogen-bond acceptors (Lipinski definition) is 2. The highest BCUT2D eigenvalue weighted by Crippen LogP contribution is 2.32. The molecule has 5 heteroatoms. The van der Waals surface area contributed by atoms with Crippen LogP contribution in [-0.2, 0) is 6.42 Å². The molecule has 2 aromatic rings. The zero-order chi connectivity index (χ0) is 15.4. The van der Waals surface area contributed by atoms with Gasteiger partial charge in [-0.3, -0.25) is 0 Å². The second-order valence-electron chi connectivity index (χ2n) is 4.80. The van der Waals surface area contributed by atoms with E-state index in [1.807, 2.05) is 13.0 Å². The van der Waals surface area contributed by atoms with Crippen molar-refractivity contribution < 1.29 is 9.13 Å². The molecule has 2 N–H and O–H groups in total. The standard InChI is InChI=1S/C16H16BrClFNO/c1-2-13(20)7-10-3-5-12(18)9-15(10)21-16-8-11(17)4-6-14(16)19/h3-6,8-9,13H,2,7,20H2,1H3. The molecule has 0 aliphatic heterocycles. The van der Waals surface area contributed by atoms with E-state index in [2.05, 4.69) is 15.9 Å². The number of ether oxygens (including phenoxy) is 1. The molecule has 0 bridgehead atoms. The van der Waals surface area contributed by atoms with Gasteiger partial charge in [-0.15, -0.1) is 0 Å². The minimum atomic E-state index is -0.427. The van der Waals surface area contributed by atoms with Crippen molar-refractivity contribution in [3.05, 3.63) is 57.3 Å². The summed E-state index contributed by atoms with van der Waals surface area (Å²) in [5.41, 5.74) is 6.90. The van der Waals surface area contributed by atoms with Crippen LogP contribution in [0.15, 0.2) is 40.9 Å². The van der Waals surface area contributed by atoms with E-state index in [0.717, 1.165) is 16.5 Å². The molecule has 0 aromatic heterocycles. The normalized spacial score (nSPS) is 12.2. The van der Waals surface area contributed by atoms with Crippen LogP contribution in [-0.4, -0.2) is 6.04 Å². The molecule has 1 unspecified atom stereocenters. The molecule has 0 fully saturated rings. The molecule has 1 atom stereocenters. The maximum absolute atomic E-state index is 13.8. The fourth-order valence-corrected chi connectivity index (χ4v) is 2.39. The summed E-state index contributed by atoms with van der Waals surface area (Å²) in [6.45, 7) is 2.02. The molecule has 0 spiro atoms. The van der Waals surface area contributed by atoms with E-state index in [1.165, 1.54) is 6.07 Å². The Morgan fingerprint density at radius 2 is 2.00 bits per heavy atom. The lowest BCUT2D eigenvalue weighted by atomic mass is 10.0. The predicted molar refractivity (Wildman–Crippen MR) is 87.6 cm³/mol. The summed E-state index contributed by atoms with van der Waals surface area (Å²) in [4.78, 5) is 0. The Bertz CT molecular complexity index is 636. The SMILES string of the molecule is CCC(N)Cc1ccc(Cl)cc1Oc1cc(Br)ccc1F. The average molecular weight is 373 g/mol. The van der Waals surface area contributed by atoms with Crippen LogP contribution >= 0.6 is 27.5 Å². The van der Waals surface area contributed by atoms with E-state index in [9.17, 15) is 4.39 Å². The van der Waals surface area contributed by atoms with E-state index < -0.39 is 5.82 Å². The van der Waals surface area contributed by atoms with Gasteiger partial charge in [0, 0.05) is 15.5 Å². The molecule has 21 heavy (non-hydrogen) atoms. The molecule has 2 rings (SSSR count). The van der Waals surface area contributed by atoms with Crippen molar-refractivity contribution in [3.8, 4) is 11.5 Å². The van der Waals surface area contributed by atoms with Crippen molar-refractivity contribution in [2.75, 3.05) is 0 Å². The summed E-state index contributed by atoms with van der Waals surface area (Å²) in [5.74, 6) is 0.255. The summed E-state index contributed by atoms with van der Waals surface area (Å²) in [5, 5.41) is 0.536. The molecular weight excluding hydrogens is 357 g/mol. The second kappa shape index (κ2) is 7.25. The lowest BCUT2D eigenvalue weighted by Crippen LogP contribution is -2.21. The minimum Gasteiger partial charge on any atom is -0.454 e. The van der Waals surface area contributed by atoms with Crippen molar-refractivity contribution in [1.82, 2.24) is 0 Å². The van der Waals surface area contributed by atoms with Crippen LogP contribution in [0.25, 0.3) is 0 Å². The summed E-state index contributed by atoms with van der Waals surface area (Å²) >= 11 is 9.31. The van der Waals surface area contributed by atoms with Crippen LogP contribution in [0, 0.1) is 5.82 Å². The van der Waals surface area contributed by atoms with E-state index in [4.69, 9.17) is 22.1 Å². The monoisotopic (exact) mass is 371 g/mol. The van der Waals surface area contributed by atoms with Gasteiger partial charge in [-0.25, -0.2) is 4.39 Å². The molecule has 0 saturated carbocycles. The minimum absolute atomic E-state index is 0.0286. The Morgan fingerprint density at radius 1 is 1.24 bits per heavy atom. The third-order valence-electron chi connectivity index (χ3n) is 3.15. The highest BCUT2D eigenvalue weighted by atomic mass is 79.9. The van der Waals surface area contributed by atoms with Gasteiger partial charge in [0.05, 0.1) is 0 Å². The molecule has 0 amide bonds. The van der Waals surface area contributed by atoms with E-state index in [1.54, 1.807) is 24.3 Å². The maximum Gasteiger partial charge on any atom is 0.165 e. The van der Waals surface area contributed by atoms with Gasteiger partial charge in [0.1, 0.15) is 5.75 Å². The first-order valence-corrected chi connectivity index (χ1v) is 7.83. The third kappa shape index (κ3) is 4.43. The number of benzene rings is 2. The molecule has 0 heterocycles. The zero-order valence-corrected chi connectivity index (χ0v) is 13.9. The van der Waals surface area contributed by atoms with Gasteiger partial charge >= 0.3 is 0 Å². The first-order valence-electron chi connectivity index (χ1n) is 6.66. The van der Waals surface area contributed by atoms with Crippen molar-refractivity contribution in [3.63, 3.8) is 0 Å². The fourth-order valence-electron chi connectivity index (χ4n) is 1.89. The highest BCUT2D eigenvalue weighted by molar-refractivity contribution is 9.10. The summed E-state index contributed by atoms with van der Waals surface area (Å²) in [7, 11) is 0. The van der Waals surface area contributed by atoms with Crippen molar-refractivity contribution in [2.45, 2.75) is 25.8 Å². The summed E-state index contributed by atoms with van der Waals surface area (Å²) in [6.07, 6.45) is 1.51. The third-order valence-corrected chi connectivity index (χ3v) is 3.88. The number of rotatable bonds is 5. The van der Waals surface area contributed by atoms with E-state index >= 15 is 0 Å². The van der Waals surface area contributed by atoms with Crippen LogP contribution in [0.4, 0.5) is 4.39 Å². The first kappa shape index (κ1) is 16.3. The zero-order valence-electron chi connectivity index (χ0n) is 11.6. The van der Waals surface area contributed by atoms with Gasteiger partial charge in [-0.1, -0.05) is 40.5 Å². The molecule has 2 aromatic carbocycles. The lowest BCUT2D eigenvalue weighted by Gasteiger charge is -2.15. The number of halogens is 3. The van der Waals surface area contributed by atoms with Crippen LogP contribution < -0.4 is 10.5 Å². The lowest BCUT2D eigenvalue weighted by molar-refractivity contribution is 0.435. The van der Waals surface area contributed by atoms with Crippen molar-refractivity contribution in [2.24, 2.45) is 5.73 Å². The van der Waals surface area contributed by atoms with Gasteiger partial charge in [0.15, 0.2) is 11.6 Å². The van der Waals surface area contributed by atoms with Crippen molar-refractivity contribution in [1.29, 1.82) is 0 Å². The Balaban J connectivity index is 2.33. The Labute approximate surface area is 137 Å². The van der Waals surface area contributed by atoms with Gasteiger partial charge < -0.3 is 10.5 Å². The molecule has 0 radical (unpaired) electrons. The number of nitrogens with two attached hydrogens (primary N) is 1. The topological polar surface area (TPSA) is 35.2 Å². The quantitative estimate of drug-likeness (QED) is 0.771. The first-order chi connectivity index (χ1) is 9.99. The van der Waals surface area contributed by atoms with Crippen LogP contribution in [0.2, 0.25) is 5.02 Å². The fraction of sp³-hybridized carbons (Fsp3) is 0.250. The van der Waals surface area contributed by atoms with Gasteiger partial charge in [-0.2, -0.15) is 0 Å².